The van der Waals surface area contributed by atoms with E-state index in [1.165, 1.54) is 12.3 Å². The molecule has 4 aromatic rings. The van der Waals surface area contributed by atoms with Crippen molar-refractivity contribution in [2.45, 2.75) is 32.7 Å². The number of hydrogen-bond acceptors (Lipinski definition) is 5. The second kappa shape index (κ2) is 9.87. The summed E-state index contributed by atoms with van der Waals surface area (Å²) in [6, 6.07) is 19.4. The molecule has 162 valence electrons. The van der Waals surface area contributed by atoms with Gasteiger partial charge in [-0.05, 0) is 17.5 Å². The standard InChI is InChI=1S/C25H24N4O3/c1-2-3-9-23-27-24(20-7-5-4-6-8-20)28-29(23)17-18-10-12-19(13-11-18)21-16-26-15-14-22(21)32-25(30)31/h4-8,10-16H,2-3,9,17H2,1H3,(H,30,31). The maximum atomic E-state index is 11.0. The second-order valence-corrected chi connectivity index (χ2v) is 7.42. The fourth-order valence-corrected chi connectivity index (χ4v) is 3.47. The van der Waals surface area contributed by atoms with E-state index in [4.69, 9.17) is 19.9 Å². The molecule has 0 fully saturated rings. The molecule has 7 nitrogen and oxygen atoms in total. The van der Waals surface area contributed by atoms with Crippen molar-refractivity contribution in [2.24, 2.45) is 0 Å². The molecule has 7 heteroatoms. The Labute approximate surface area is 186 Å². The highest BCUT2D eigenvalue weighted by atomic mass is 16.7. The summed E-state index contributed by atoms with van der Waals surface area (Å²) >= 11 is 0. The summed E-state index contributed by atoms with van der Waals surface area (Å²) < 4.78 is 6.85. The van der Waals surface area contributed by atoms with Crippen LogP contribution in [0, 0.1) is 0 Å². The highest BCUT2D eigenvalue weighted by Crippen LogP contribution is 2.29. The van der Waals surface area contributed by atoms with Crippen molar-refractivity contribution in [3.63, 3.8) is 0 Å². The van der Waals surface area contributed by atoms with Crippen LogP contribution in [-0.2, 0) is 13.0 Å². The third kappa shape index (κ3) is 5.00. The Kier molecular flexibility index (Phi) is 6.55. The maximum absolute atomic E-state index is 11.0. The van der Waals surface area contributed by atoms with Crippen LogP contribution in [-0.4, -0.2) is 31.0 Å². The third-order valence-corrected chi connectivity index (χ3v) is 5.11. The predicted octanol–water partition coefficient (Wildman–Crippen LogP) is 5.45. The maximum Gasteiger partial charge on any atom is 0.511 e. The van der Waals surface area contributed by atoms with Crippen LogP contribution < -0.4 is 4.74 Å². The van der Waals surface area contributed by atoms with Crippen LogP contribution in [0.5, 0.6) is 5.75 Å². The molecule has 4 rings (SSSR count). The van der Waals surface area contributed by atoms with Gasteiger partial charge in [-0.1, -0.05) is 67.9 Å². The summed E-state index contributed by atoms with van der Waals surface area (Å²) in [6.07, 6.45) is 4.77. The SMILES string of the molecule is CCCCc1nc(-c2ccccc2)nn1Cc1ccc(-c2cnccc2OC(=O)O)cc1. The Morgan fingerprint density at radius 1 is 1.03 bits per heavy atom. The van der Waals surface area contributed by atoms with E-state index in [-0.39, 0.29) is 5.75 Å². The molecule has 2 aromatic heterocycles. The fourth-order valence-electron chi connectivity index (χ4n) is 3.47. The van der Waals surface area contributed by atoms with E-state index in [0.717, 1.165) is 47.6 Å². The minimum absolute atomic E-state index is 0.255. The number of aromatic nitrogens is 4. The molecule has 1 N–H and O–H groups in total. The normalized spacial score (nSPS) is 10.8. The van der Waals surface area contributed by atoms with Crippen LogP contribution in [0.3, 0.4) is 0 Å². The van der Waals surface area contributed by atoms with Crippen molar-refractivity contribution in [3.8, 4) is 28.3 Å². The molecule has 0 radical (unpaired) electrons. The number of aryl methyl sites for hydroxylation is 1. The quantitative estimate of drug-likeness (QED) is 0.375. The number of pyridine rings is 1. The number of carbonyl (C=O) groups is 1. The Morgan fingerprint density at radius 2 is 1.81 bits per heavy atom. The van der Waals surface area contributed by atoms with Crippen molar-refractivity contribution in [1.82, 2.24) is 19.7 Å². The van der Waals surface area contributed by atoms with E-state index in [1.54, 1.807) is 6.20 Å². The van der Waals surface area contributed by atoms with Crippen molar-refractivity contribution in [2.75, 3.05) is 0 Å². The molecule has 2 aromatic carbocycles. The van der Waals surface area contributed by atoms with Crippen molar-refractivity contribution in [1.29, 1.82) is 0 Å². The van der Waals surface area contributed by atoms with Gasteiger partial charge in [0.15, 0.2) is 5.82 Å². The van der Waals surface area contributed by atoms with Gasteiger partial charge in [-0.15, -0.1) is 0 Å². The molecular weight excluding hydrogens is 404 g/mol. The first kappa shape index (κ1) is 21.2. The van der Waals surface area contributed by atoms with Gasteiger partial charge in [-0.25, -0.2) is 14.5 Å². The van der Waals surface area contributed by atoms with Crippen molar-refractivity contribution < 1.29 is 14.6 Å². The fraction of sp³-hybridized carbons (Fsp3) is 0.200. The minimum atomic E-state index is -1.35. The lowest BCUT2D eigenvalue weighted by Gasteiger charge is -2.09. The van der Waals surface area contributed by atoms with Gasteiger partial charge in [0.1, 0.15) is 11.6 Å². The Morgan fingerprint density at radius 3 is 2.53 bits per heavy atom. The lowest BCUT2D eigenvalue weighted by atomic mass is 10.0. The first-order valence-electron chi connectivity index (χ1n) is 10.6. The van der Waals surface area contributed by atoms with Crippen LogP contribution >= 0.6 is 0 Å². The van der Waals surface area contributed by atoms with E-state index in [0.29, 0.717) is 12.1 Å². The average Bonchev–Trinajstić information content (AvgIpc) is 3.21. The predicted molar refractivity (Wildman–Crippen MR) is 121 cm³/mol. The van der Waals surface area contributed by atoms with Gasteiger partial charge in [0.05, 0.1) is 6.54 Å². The first-order valence-corrected chi connectivity index (χ1v) is 10.6. The molecule has 0 bridgehead atoms. The number of carboxylic acid groups (broad SMARTS) is 1. The molecule has 32 heavy (non-hydrogen) atoms. The van der Waals surface area contributed by atoms with Crippen LogP contribution in [0.2, 0.25) is 0 Å². The van der Waals surface area contributed by atoms with E-state index >= 15 is 0 Å². The first-order chi connectivity index (χ1) is 15.6. The molecule has 0 aliphatic heterocycles. The topological polar surface area (TPSA) is 90.1 Å². The van der Waals surface area contributed by atoms with Crippen molar-refractivity contribution in [3.05, 3.63) is 84.4 Å². The number of unbranched alkanes of at least 4 members (excludes halogenated alkanes) is 1. The van der Waals surface area contributed by atoms with Crippen molar-refractivity contribution >= 4 is 6.16 Å². The summed E-state index contributed by atoms with van der Waals surface area (Å²) in [4.78, 5) is 19.8. The Bertz CT molecular complexity index is 1190. The smallest absolute Gasteiger partial charge is 0.449 e. The lowest BCUT2D eigenvalue weighted by molar-refractivity contribution is 0.144. The Hall–Kier alpha value is -4.00. The Balaban J connectivity index is 1.58. The van der Waals surface area contributed by atoms with Gasteiger partial charge in [0.25, 0.3) is 0 Å². The zero-order valence-electron chi connectivity index (χ0n) is 17.8. The van der Waals surface area contributed by atoms with Gasteiger partial charge in [-0.3, -0.25) is 4.98 Å². The summed E-state index contributed by atoms with van der Waals surface area (Å²) in [5.41, 5.74) is 3.52. The zero-order valence-corrected chi connectivity index (χ0v) is 17.8. The van der Waals surface area contributed by atoms with Gasteiger partial charge in [0, 0.05) is 36.0 Å². The lowest BCUT2D eigenvalue weighted by Crippen LogP contribution is -2.07. The minimum Gasteiger partial charge on any atom is -0.449 e. The third-order valence-electron chi connectivity index (χ3n) is 5.11. The van der Waals surface area contributed by atoms with E-state index in [1.807, 2.05) is 59.3 Å². The van der Waals surface area contributed by atoms with Crippen LogP contribution in [0.15, 0.2) is 73.1 Å². The summed E-state index contributed by atoms with van der Waals surface area (Å²) in [6.45, 7) is 2.77. The highest BCUT2D eigenvalue weighted by molar-refractivity contribution is 5.73. The molecule has 2 heterocycles. The second-order valence-electron chi connectivity index (χ2n) is 7.42. The number of rotatable bonds is 8. The molecule has 0 saturated carbocycles. The summed E-state index contributed by atoms with van der Waals surface area (Å²) in [5.74, 6) is 1.96. The highest BCUT2D eigenvalue weighted by Gasteiger charge is 2.13. The average molecular weight is 428 g/mol. The molecule has 0 saturated heterocycles. The monoisotopic (exact) mass is 428 g/mol. The molecule has 0 aliphatic rings. The summed E-state index contributed by atoms with van der Waals surface area (Å²) in [7, 11) is 0. The summed E-state index contributed by atoms with van der Waals surface area (Å²) in [5, 5.41) is 13.7. The van der Waals surface area contributed by atoms with E-state index < -0.39 is 6.16 Å². The van der Waals surface area contributed by atoms with Crippen LogP contribution in [0.1, 0.15) is 31.2 Å². The van der Waals surface area contributed by atoms with Gasteiger partial charge in [-0.2, -0.15) is 5.10 Å². The van der Waals surface area contributed by atoms with Gasteiger partial charge in [0.2, 0.25) is 0 Å². The number of hydrogen-bond donors (Lipinski definition) is 1. The number of ether oxygens (including phenoxy) is 1. The van der Waals surface area contributed by atoms with Gasteiger partial charge >= 0.3 is 6.16 Å². The van der Waals surface area contributed by atoms with Crippen LogP contribution in [0.25, 0.3) is 22.5 Å². The molecule has 0 aliphatic carbocycles. The molecule has 0 atom stereocenters. The van der Waals surface area contributed by atoms with Gasteiger partial charge < -0.3 is 9.84 Å². The van der Waals surface area contributed by atoms with E-state index in [9.17, 15) is 4.79 Å². The number of nitrogens with zero attached hydrogens (tertiary/aromatic N) is 4. The molecule has 0 spiro atoms. The largest absolute Gasteiger partial charge is 0.511 e. The van der Waals surface area contributed by atoms with Crippen LogP contribution in [0.4, 0.5) is 4.79 Å². The van der Waals surface area contributed by atoms with E-state index in [2.05, 4.69) is 11.9 Å². The molecular formula is C25H24N4O3. The zero-order chi connectivity index (χ0) is 22.3. The molecule has 0 amide bonds. The number of benzene rings is 2. The molecule has 0 unspecified atom stereocenters.